The van der Waals surface area contributed by atoms with Gasteiger partial charge in [-0.3, -0.25) is 28.7 Å². The lowest BCUT2D eigenvalue weighted by atomic mass is 10.4. The Morgan fingerprint density at radius 1 is 0.533 bits per heavy atom. The fraction of sp³-hybridized carbons (Fsp3) is 1.00. The lowest BCUT2D eigenvalue weighted by Gasteiger charge is -2.29. The Bertz CT molecular complexity index is 634. The van der Waals surface area contributed by atoms with Crippen molar-refractivity contribution in [2.75, 3.05) is 104 Å². The molecule has 0 spiro atoms. The van der Waals surface area contributed by atoms with Crippen LogP contribution in [0.25, 0.3) is 0 Å². The van der Waals surface area contributed by atoms with E-state index < -0.39 is 32.0 Å². The van der Waals surface area contributed by atoms with E-state index in [1.807, 2.05) is 0 Å². The van der Waals surface area contributed by atoms with E-state index in [0.717, 1.165) is 0 Å². The maximum absolute atomic E-state index is 11.4. The van der Waals surface area contributed by atoms with Crippen LogP contribution in [-0.2, 0) is 29.7 Å². The molecular weight excluding hydrogens is 440 g/mol. The van der Waals surface area contributed by atoms with Crippen LogP contribution in [0.5, 0.6) is 0 Å². The number of rotatable bonds is 4. The van der Waals surface area contributed by atoms with E-state index in [0.29, 0.717) is 78.8 Å². The second kappa shape index (κ2) is 12.6. The largest absolute Gasteiger partial charge is 0.379 e. The minimum absolute atomic E-state index is 0.232. The molecule has 0 aromatic heterocycles. The summed E-state index contributed by atoms with van der Waals surface area (Å²) in [5.74, 6) is -1.08. The fourth-order valence-corrected chi connectivity index (χ4v) is 4.88. The van der Waals surface area contributed by atoms with Gasteiger partial charge in [0.2, 0.25) is 0 Å². The highest BCUT2D eigenvalue weighted by Gasteiger charge is 2.21. The van der Waals surface area contributed by atoms with E-state index in [4.69, 9.17) is 9.47 Å². The first-order valence-electron chi connectivity index (χ1n) is 10.1. The zero-order valence-corrected chi connectivity index (χ0v) is 18.9. The van der Waals surface area contributed by atoms with Crippen molar-refractivity contribution in [2.24, 2.45) is 0 Å². The van der Waals surface area contributed by atoms with Crippen LogP contribution in [0.2, 0.25) is 0 Å². The molecule has 178 valence electrons. The van der Waals surface area contributed by atoms with Crippen LogP contribution >= 0.6 is 0 Å². The average Bonchev–Trinajstić information content (AvgIpc) is 2.62. The molecule has 0 saturated carbocycles. The minimum Gasteiger partial charge on any atom is -0.379 e. The van der Waals surface area contributed by atoms with Crippen molar-refractivity contribution in [2.45, 2.75) is 0 Å². The van der Waals surface area contributed by atoms with Crippen LogP contribution in [0.4, 0.5) is 0 Å². The first kappa shape index (κ1) is 25.8. The summed E-state index contributed by atoms with van der Waals surface area (Å²) in [4.78, 5) is 7.37. The Morgan fingerprint density at radius 3 is 1.13 bits per heavy atom. The van der Waals surface area contributed by atoms with Crippen molar-refractivity contribution in [1.82, 2.24) is 19.6 Å². The third-order valence-electron chi connectivity index (χ3n) is 5.10. The summed E-state index contributed by atoms with van der Waals surface area (Å²) in [6, 6.07) is 0. The van der Waals surface area contributed by atoms with Gasteiger partial charge in [-0.15, -0.1) is 0 Å². The molecule has 3 heterocycles. The summed E-state index contributed by atoms with van der Waals surface area (Å²) in [6.45, 7) is 7.18. The Labute approximate surface area is 179 Å². The van der Waals surface area contributed by atoms with Gasteiger partial charge in [0.25, 0.3) is 20.2 Å². The van der Waals surface area contributed by atoms with E-state index in [1.54, 1.807) is 9.80 Å². The quantitative estimate of drug-likeness (QED) is 0.433. The predicted molar refractivity (Wildman–Crippen MR) is 110 cm³/mol. The van der Waals surface area contributed by atoms with Crippen molar-refractivity contribution in [1.29, 1.82) is 0 Å². The number of nitrogens with zero attached hydrogens (tertiary/aromatic N) is 4. The molecule has 0 amide bonds. The summed E-state index contributed by atoms with van der Waals surface area (Å²) < 4.78 is 75.8. The molecule has 30 heavy (non-hydrogen) atoms. The summed E-state index contributed by atoms with van der Waals surface area (Å²) in [7, 11) is -8.46. The van der Waals surface area contributed by atoms with Crippen molar-refractivity contribution < 1.29 is 35.4 Å². The van der Waals surface area contributed by atoms with Gasteiger partial charge in [0.05, 0.1) is 26.4 Å². The van der Waals surface area contributed by atoms with Crippen molar-refractivity contribution in [3.63, 3.8) is 0 Å². The highest BCUT2D eigenvalue weighted by atomic mass is 32.2. The average molecular weight is 475 g/mol. The van der Waals surface area contributed by atoms with Gasteiger partial charge in [-0.05, 0) is 0 Å². The normalized spacial score (nSPS) is 28.1. The molecule has 0 atom stereocenters. The molecule has 3 aliphatic rings. The van der Waals surface area contributed by atoms with Gasteiger partial charge in [-0.1, -0.05) is 0 Å². The third-order valence-corrected chi connectivity index (χ3v) is 6.48. The molecule has 3 saturated heterocycles. The maximum atomic E-state index is 11.4. The monoisotopic (exact) mass is 474 g/mol. The topological polar surface area (TPSA) is 140 Å². The third kappa shape index (κ3) is 11.8. The predicted octanol–water partition coefficient (Wildman–Crippen LogP) is -2.05. The molecule has 3 fully saturated rings. The van der Waals surface area contributed by atoms with Crippen molar-refractivity contribution in [3.05, 3.63) is 0 Å². The second-order valence-electron chi connectivity index (χ2n) is 7.57. The molecule has 12 nitrogen and oxygen atoms in total. The summed E-state index contributed by atoms with van der Waals surface area (Å²) in [5, 5.41) is 0. The Kier molecular flexibility index (Phi) is 10.8. The van der Waals surface area contributed by atoms with Gasteiger partial charge >= 0.3 is 0 Å². The zero-order chi connectivity index (χ0) is 22.0. The van der Waals surface area contributed by atoms with Crippen molar-refractivity contribution >= 4 is 20.2 Å². The van der Waals surface area contributed by atoms with E-state index >= 15 is 0 Å². The second-order valence-corrected chi connectivity index (χ2v) is 10.4. The molecule has 0 aromatic rings. The van der Waals surface area contributed by atoms with E-state index in [2.05, 4.69) is 9.80 Å². The van der Waals surface area contributed by atoms with Crippen LogP contribution < -0.4 is 0 Å². The lowest BCUT2D eigenvalue weighted by molar-refractivity contribution is 0.0360. The Morgan fingerprint density at radius 2 is 0.833 bits per heavy atom. The molecular formula is C16H34N4O8S2. The minimum atomic E-state index is -4.23. The number of hydrogen-bond donors (Lipinski definition) is 2. The molecule has 0 radical (unpaired) electrons. The maximum Gasteiger partial charge on any atom is 0.278 e. The molecule has 0 aromatic carbocycles. The molecule has 3 aliphatic heterocycles. The van der Waals surface area contributed by atoms with Crippen LogP contribution in [0, 0.1) is 0 Å². The number of ether oxygens (including phenoxy) is 2. The number of hydrogen-bond acceptors (Lipinski definition) is 10. The van der Waals surface area contributed by atoms with Crippen LogP contribution in [0.15, 0.2) is 0 Å². The zero-order valence-electron chi connectivity index (χ0n) is 17.3. The SMILES string of the molecule is O=S(=O)(O)CN1CCN2CCOCCN(CCOCC2)CCN(CS(=O)(=O)O)CC1. The van der Waals surface area contributed by atoms with Crippen LogP contribution in [0.3, 0.4) is 0 Å². The summed E-state index contributed by atoms with van der Waals surface area (Å²) >= 11 is 0. The highest BCUT2D eigenvalue weighted by Crippen LogP contribution is 2.03. The molecule has 3 rings (SSSR count). The van der Waals surface area contributed by atoms with Gasteiger partial charge in [-0.2, -0.15) is 16.8 Å². The Hall–Kier alpha value is -0.420. The molecule has 2 bridgehead atoms. The lowest BCUT2D eigenvalue weighted by Crippen LogP contribution is -2.45. The first-order valence-corrected chi connectivity index (χ1v) is 13.3. The van der Waals surface area contributed by atoms with Gasteiger partial charge in [-0.25, -0.2) is 0 Å². The highest BCUT2D eigenvalue weighted by molar-refractivity contribution is 7.85. The fourth-order valence-electron chi connectivity index (χ4n) is 3.44. The molecule has 2 N–H and O–H groups in total. The van der Waals surface area contributed by atoms with Gasteiger partial charge in [0.1, 0.15) is 11.8 Å². The molecule has 14 heteroatoms. The Balaban J connectivity index is 2.18. The summed E-state index contributed by atoms with van der Waals surface area (Å²) in [5.41, 5.74) is 0. The van der Waals surface area contributed by atoms with E-state index in [9.17, 15) is 25.9 Å². The van der Waals surface area contributed by atoms with Crippen molar-refractivity contribution in [3.8, 4) is 0 Å². The summed E-state index contributed by atoms with van der Waals surface area (Å²) in [6.07, 6.45) is 0. The van der Waals surface area contributed by atoms with Gasteiger partial charge in [0, 0.05) is 65.4 Å². The number of fused-ring (bicyclic) bond motifs is 15. The first-order chi connectivity index (χ1) is 14.1. The van der Waals surface area contributed by atoms with Crippen LogP contribution in [0.1, 0.15) is 0 Å². The molecule has 0 unspecified atom stereocenters. The van der Waals surface area contributed by atoms with Gasteiger partial charge in [0.15, 0.2) is 0 Å². The van der Waals surface area contributed by atoms with Gasteiger partial charge < -0.3 is 9.47 Å². The van der Waals surface area contributed by atoms with Crippen LogP contribution in [-0.4, -0.2) is 149 Å². The van der Waals surface area contributed by atoms with E-state index in [1.165, 1.54) is 0 Å². The standard InChI is InChI=1S/C16H34N4O8S2/c21-29(22,23)15-19-3-1-17-7-11-27-13-9-18(10-14-28-12-8-17)2-4-20(6-5-19)16-30(24,25)26/h1-16H2,(H,21,22,23)(H,24,25,26). The smallest absolute Gasteiger partial charge is 0.278 e. The van der Waals surface area contributed by atoms with E-state index in [-0.39, 0.29) is 13.1 Å². The molecule has 0 aliphatic carbocycles.